The van der Waals surface area contributed by atoms with E-state index in [4.69, 9.17) is 4.42 Å². The molecule has 1 amide bonds. The molecule has 0 atom stereocenters. The number of amides is 1. The van der Waals surface area contributed by atoms with Crippen LogP contribution >= 0.6 is 0 Å². The highest BCUT2D eigenvalue weighted by atomic mass is 16.6. The van der Waals surface area contributed by atoms with Gasteiger partial charge in [-0.15, -0.1) is 0 Å². The van der Waals surface area contributed by atoms with E-state index >= 15 is 0 Å². The maximum atomic E-state index is 11.3. The Balaban J connectivity index is 2.76. The van der Waals surface area contributed by atoms with E-state index in [0.29, 0.717) is 0 Å². The van der Waals surface area contributed by atoms with E-state index in [0.717, 1.165) is 6.07 Å². The number of nitrogens with one attached hydrogen (secondary N) is 1. The molecule has 76 valence electrons. The van der Waals surface area contributed by atoms with Gasteiger partial charge in [0.05, 0.1) is 6.07 Å². The Kier molecular flexibility index (Phi) is 2.85. The second-order valence-electron chi connectivity index (χ2n) is 3.02. The molecule has 0 fully saturated rings. The van der Waals surface area contributed by atoms with Gasteiger partial charge in [0.25, 0.3) is 5.91 Å². The van der Waals surface area contributed by atoms with Crippen molar-refractivity contribution in [1.29, 1.82) is 0 Å². The van der Waals surface area contributed by atoms with Crippen LogP contribution in [0, 0.1) is 10.1 Å². The molecule has 0 bridgehead atoms. The van der Waals surface area contributed by atoms with Crippen LogP contribution in [0.25, 0.3) is 0 Å². The number of hydrogen-bond donors (Lipinski definition) is 1. The first-order chi connectivity index (χ1) is 6.50. The fourth-order valence-corrected chi connectivity index (χ4v) is 0.881. The van der Waals surface area contributed by atoms with E-state index in [-0.39, 0.29) is 11.8 Å². The molecule has 6 heteroatoms. The SMILES string of the molecule is CC(C)NC(=O)c1ccc([N+](=O)[O-])o1. The first kappa shape index (κ1) is 10.2. The van der Waals surface area contributed by atoms with Crippen molar-refractivity contribution in [3.8, 4) is 0 Å². The highest BCUT2D eigenvalue weighted by molar-refractivity contribution is 5.91. The lowest BCUT2D eigenvalue weighted by atomic mass is 10.3. The molecule has 1 rings (SSSR count). The third-order valence-electron chi connectivity index (χ3n) is 1.42. The Hall–Kier alpha value is -1.85. The molecule has 14 heavy (non-hydrogen) atoms. The zero-order chi connectivity index (χ0) is 10.7. The molecule has 0 aliphatic rings. The second kappa shape index (κ2) is 3.91. The standard InChI is InChI=1S/C8H10N2O4/c1-5(2)9-8(11)6-3-4-7(14-6)10(12)13/h3-5H,1-2H3,(H,9,11). The minimum Gasteiger partial charge on any atom is -0.395 e. The first-order valence-corrected chi connectivity index (χ1v) is 4.06. The number of nitrogens with zero attached hydrogens (tertiary/aromatic N) is 1. The average molecular weight is 198 g/mol. The predicted molar refractivity (Wildman–Crippen MR) is 48.0 cm³/mol. The monoisotopic (exact) mass is 198 g/mol. The Bertz CT molecular complexity index is 356. The number of carbonyl (C=O) groups is 1. The summed E-state index contributed by atoms with van der Waals surface area (Å²) in [6, 6.07) is 2.39. The van der Waals surface area contributed by atoms with Crippen molar-refractivity contribution in [2.75, 3.05) is 0 Å². The molecule has 1 heterocycles. The molecule has 6 nitrogen and oxygen atoms in total. The van der Waals surface area contributed by atoms with Gasteiger partial charge in [-0.2, -0.15) is 0 Å². The van der Waals surface area contributed by atoms with E-state index < -0.39 is 16.7 Å². The maximum absolute atomic E-state index is 11.3. The summed E-state index contributed by atoms with van der Waals surface area (Å²) < 4.78 is 4.70. The van der Waals surface area contributed by atoms with E-state index in [1.807, 2.05) is 0 Å². The molecule has 0 aliphatic heterocycles. The van der Waals surface area contributed by atoms with E-state index in [1.54, 1.807) is 13.8 Å². The summed E-state index contributed by atoms with van der Waals surface area (Å²) in [5.74, 6) is -0.933. The van der Waals surface area contributed by atoms with Crippen molar-refractivity contribution >= 4 is 11.8 Å². The van der Waals surface area contributed by atoms with Gasteiger partial charge in [0.1, 0.15) is 4.92 Å². The van der Waals surface area contributed by atoms with Crippen LogP contribution in [0.3, 0.4) is 0 Å². The number of furan rings is 1. The first-order valence-electron chi connectivity index (χ1n) is 4.06. The maximum Gasteiger partial charge on any atom is 0.433 e. The van der Waals surface area contributed by atoms with Gasteiger partial charge >= 0.3 is 5.88 Å². The molecular weight excluding hydrogens is 188 g/mol. The van der Waals surface area contributed by atoms with Crippen LogP contribution < -0.4 is 5.32 Å². The molecule has 0 radical (unpaired) electrons. The van der Waals surface area contributed by atoms with Gasteiger partial charge in [0, 0.05) is 6.04 Å². The van der Waals surface area contributed by atoms with E-state index in [2.05, 4.69) is 5.32 Å². The zero-order valence-corrected chi connectivity index (χ0v) is 7.81. The van der Waals surface area contributed by atoms with Gasteiger partial charge < -0.3 is 9.73 Å². The fraction of sp³-hybridized carbons (Fsp3) is 0.375. The lowest BCUT2D eigenvalue weighted by Crippen LogP contribution is -2.29. The number of nitro groups is 1. The van der Waals surface area contributed by atoms with E-state index in [1.165, 1.54) is 6.07 Å². The van der Waals surface area contributed by atoms with Crippen LogP contribution in [0.1, 0.15) is 24.4 Å². The van der Waals surface area contributed by atoms with Crippen molar-refractivity contribution in [1.82, 2.24) is 5.32 Å². The Morgan fingerprint density at radius 1 is 1.57 bits per heavy atom. The van der Waals surface area contributed by atoms with Crippen molar-refractivity contribution in [3.63, 3.8) is 0 Å². The summed E-state index contributed by atoms with van der Waals surface area (Å²) in [7, 11) is 0. The molecule has 0 aromatic carbocycles. The van der Waals surface area contributed by atoms with Crippen LogP contribution in [-0.4, -0.2) is 16.9 Å². The van der Waals surface area contributed by atoms with Crippen LogP contribution in [0.2, 0.25) is 0 Å². The fourth-order valence-electron chi connectivity index (χ4n) is 0.881. The molecule has 1 aromatic rings. The minimum atomic E-state index is -0.688. The van der Waals surface area contributed by atoms with Crippen LogP contribution in [0.15, 0.2) is 16.5 Å². The summed E-state index contributed by atoms with van der Waals surface area (Å²) in [6.45, 7) is 3.57. The van der Waals surface area contributed by atoms with Gasteiger partial charge in [-0.1, -0.05) is 0 Å². The summed E-state index contributed by atoms with van der Waals surface area (Å²) >= 11 is 0. The summed E-state index contributed by atoms with van der Waals surface area (Å²) in [5, 5.41) is 12.8. The Labute approximate surface area is 80.0 Å². The average Bonchev–Trinajstić information content (AvgIpc) is 2.50. The third-order valence-corrected chi connectivity index (χ3v) is 1.42. The highest BCUT2D eigenvalue weighted by Gasteiger charge is 2.17. The molecule has 0 unspecified atom stereocenters. The molecular formula is C8H10N2O4. The minimum absolute atomic E-state index is 0.0355. The number of rotatable bonds is 3. The second-order valence-corrected chi connectivity index (χ2v) is 3.02. The zero-order valence-electron chi connectivity index (χ0n) is 7.81. The van der Waals surface area contributed by atoms with Crippen molar-refractivity contribution in [2.45, 2.75) is 19.9 Å². The van der Waals surface area contributed by atoms with Gasteiger partial charge in [-0.3, -0.25) is 14.9 Å². The highest BCUT2D eigenvalue weighted by Crippen LogP contribution is 2.15. The molecule has 0 spiro atoms. The van der Waals surface area contributed by atoms with E-state index in [9.17, 15) is 14.9 Å². The Morgan fingerprint density at radius 2 is 2.21 bits per heavy atom. The van der Waals surface area contributed by atoms with Gasteiger partial charge in [-0.25, -0.2) is 0 Å². The molecule has 0 saturated heterocycles. The number of carbonyl (C=O) groups excluding carboxylic acids is 1. The van der Waals surface area contributed by atoms with Crippen molar-refractivity contribution < 1.29 is 14.1 Å². The molecule has 1 N–H and O–H groups in total. The summed E-state index contributed by atoms with van der Waals surface area (Å²) in [5.41, 5.74) is 0. The van der Waals surface area contributed by atoms with Gasteiger partial charge in [0.2, 0.25) is 0 Å². The Morgan fingerprint density at radius 3 is 2.64 bits per heavy atom. The summed E-state index contributed by atoms with van der Waals surface area (Å²) in [6.07, 6.45) is 0. The summed E-state index contributed by atoms with van der Waals surface area (Å²) in [4.78, 5) is 20.8. The predicted octanol–water partition coefficient (Wildman–Crippen LogP) is 1.33. The quantitative estimate of drug-likeness (QED) is 0.586. The largest absolute Gasteiger partial charge is 0.433 e. The van der Waals surface area contributed by atoms with Crippen LogP contribution in [0.4, 0.5) is 5.88 Å². The van der Waals surface area contributed by atoms with Crippen LogP contribution in [-0.2, 0) is 0 Å². The lowest BCUT2D eigenvalue weighted by Gasteiger charge is -2.04. The third kappa shape index (κ3) is 2.32. The van der Waals surface area contributed by atoms with Gasteiger partial charge in [-0.05, 0) is 19.9 Å². The van der Waals surface area contributed by atoms with Crippen molar-refractivity contribution in [3.05, 3.63) is 28.0 Å². The van der Waals surface area contributed by atoms with Crippen molar-refractivity contribution in [2.24, 2.45) is 0 Å². The molecule has 0 saturated carbocycles. The molecule has 0 aliphatic carbocycles. The van der Waals surface area contributed by atoms with Gasteiger partial charge in [0.15, 0.2) is 5.76 Å². The molecule has 1 aromatic heterocycles. The number of hydrogen-bond acceptors (Lipinski definition) is 4. The van der Waals surface area contributed by atoms with Crippen LogP contribution in [0.5, 0.6) is 0 Å². The topological polar surface area (TPSA) is 85.4 Å². The lowest BCUT2D eigenvalue weighted by molar-refractivity contribution is -0.402. The smallest absolute Gasteiger partial charge is 0.395 e. The normalized spacial score (nSPS) is 10.2.